The Kier molecular flexibility index (Phi) is 3.28. The third-order valence-corrected chi connectivity index (χ3v) is 1.77. The summed E-state index contributed by atoms with van der Waals surface area (Å²) < 4.78 is 35.2. The Balaban J connectivity index is 3.01. The molecule has 0 unspecified atom stereocenters. The fourth-order valence-corrected chi connectivity index (χ4v) is 1.31. The molecule has 1 aromatic carbocycles. The van der Waals surface area contributed by atoms with Crippen molar-refractivity contribution in [2.24, 2.45) is 0 Å². The fourth-order valence-electron chi connectivity index (χ4n) is 0.942. The Bertz CT molecular complexity index is 468. The molecule has 0 saturated carbocycles. The monoisotopic (exact) mass is 230 g/mol. The third kappa shape index (κ3) is 3.96. The molecule has 0 aromatic heterocycles. The number of anilines is 1. The van der Waals surface area contributed by atoms with E-state index in [2.05, 4.69) is 9.50 Å². The predicted octanol–water partition coefficient (Wildman–Crippen LogP) is 0.484. The van der Waals surface area contributed by atoms with Gasteiger partial charge in [0.15, 0.2) is 5.75 Å². The van der Waals surface area contributed by atoms with Crippen LogP contribution >= 0.6 is 0 Å². The van der Waals surface area contributed by atoms with Gasteiger partial charge in [-0.1, -0.05) is 12.1 Å². The summed E-state index contributed by atoms with van der Waals surface area (Å²) in [5, 5.41) is 2.33. The summed E-state index contributed by atoms with van der Waals surface area (Å²) in [6, 6.07) is 5.73. The number of amides is 1. The van der Waals surface area contributed by atoms with E-state index in [0.29, 0.717) is 0 Å². The molecule has 15 heavy (non-hydrogen) atoms. The topological polar surface area (TPSA) is 95.5 Å². The number of hydrogen-bond donors (Lipinski definition) is 1. The molecule has 1 amide bonds. The molecule has 0 fully saturated rings. The quantitative estimate of drug-likeness (QED) is 0.602. The van der Waals surface area contributed by atoms with Gasteiger partial charge in [0.1, 0.15) is 0 Å². The van der Waals surface area contributed by atoms with Crippen molar-refractivity contribution in [1.29, 1.82) is 0 Å². The van der Waals surface area contributed by atoms with Gasteiger partial charge in [0.2, 0.25) is 5.91 Å². The maximum Gasteiger partial charge on any atom is 0.262 e. The van der Waals surface area contributed by atoms with Gasteiger partial charge in [-0.2, -0.15) is 0 Å². The molecule has 0 radical (unpaired) electrons. The van der Waals surface area contributed by atoms with E-state index in [9.17, 15) is 17.8 Å². The zero-order chi connectivity index (χ0) is 11.5. The van der Waals surface area contributed by atoms with Gasteiger partial charge >= 0.3 is 0 Å². The average molecular weight is 230 g/mol. The first-order chi connectivity index (χ1) is 6.88. The number of rotatable bonds is 3. The van der Waals surface area contributed by atoms with E-state index in [4.69, 9.17) is 0 Å². The van der Waals surface area contributed by atoms with Gasteiger partial charge in [-0.25, -0.2) is 8.42 Å². The van der Waals surface area contributed by atoms with Crippen LogP contribution in [-0.4, -0.2) is 18.9 Å². The van der Waals surface area contributed by atoms with Crippen molar-refractivity contribution in [2.75, 3.05) is 5.32 Å². The van der Waals surface area contributed by atoms with E-state index in [1.165, 1.54) is 25.1 Å². The number of hydrogen-bond acceptors (Lipinski definition) is 5. The van der Waals surface area contributed by atoms with Crippen LogP contribution in [0.25, 0.3) is 0 Å². The highest BCUT2D eigenvalue weighted by Crippen LogP contribution is 2.24. The normalized spacial score (nSPS) is 10.8. The smallest absolute Gasteiger partial charge is 0.262 e. The van der Waals surface area contributed by atoms with Gasteiger partial charge in [-0.05, 0) is 12.1 Å². The Morgan fingerprint density at radius 1 is 1.40 bits per heavy atom. The van der Waals surface area contributed by atoms with Crippen LogP contribution in [0.4, 0.5) is 5.69 Å². The molecule has 0 heterocycles. The zero-order valence-corrected chi connectivity index (χ0v) is 8.58. The molecule has 0 bridgehead atoms. The van der Waals surface area contributed by atoms with Gasteiger partial charge in [0.05, 0.1) is 5.69 Å². The molecule has 1 rings (SSSR count). The largest absolute Gasteiger partial charge is 0.716 e. The second-order valence-electron chi connectivity index (χ2n) is 2.67. The average Bonchev–Trinajstić information content (AvgIpc) is 2.05. The summed E-state index contributed by atoms with van der Waals surface area (Å²) in [6.07, 6.45) is 0. The van der Waals surface area contributed by atoms with Crippen molar-refractivity contribution in [2.45, 2.75) is 6.92 Å². The van der Waals surface area contributed by atoms with Crippen LogP contribution in [0.5, 0.6) is 5.75 Å². The summed E-state index contributed by atoms with van der Waals surface area (Å²) in [5.74, 6) is -0.600. The van der Waals surface area contributed by atoms with Crippen molar-refractivity contribution in [3.05, 3.63) is 24.3 Å². The highest BCUT2D eigenvalue weighted by molar-refractivity contribution is 7.81. The summed E-state index contributed by atoms with van der Waals surface area (Å²) >= 11 is 0. The summed E-state index contributed by atoms with van der Waals surface area (Å²) in [6.45, 7) is 1.25. The molecule has 82 valence electrons. The van der Waals surface area contributed by atoms with Crippen LogP contribution in [0, 0.1) is 0 Å². The molecule has 6 nitrogen and oxygen atoms in total. The van der Waals surface area contributed by atoms with E-state index < -0.39 is 16.3 Å². The summed E-state index contributed by atoms with van der Waals surface area (Å²) in [4.78, 5) is 10.7. The van der Waals surface area contributed by atoms with E-state index in [-0.39, 0.29) is 11.4 Å². The van der Waals surface area contributed by atoms with Crippen LogP contribution in [0.1, 0.15) is 6.92 Å². The lowest BCUT2D eigenvalue weighted by Crippen LogP contribution is -2.11. The van der Waals surface area contributed by atoms with Crippen LogP contribution in [-0.2, 0) is 15.2 Å². The van der Waals surface area contributed by atoms with Crippen molar-refractivity contribution in [3.8, 4) is 5.75 Å². The van der Waals surface area contributed by atoms with Gasteiger partial charge in [0, 0.05) is 6.92 Å². The lowest BCUT2D eigenvalue weighted by molar-refractivity contribution is -0.114. The zero-order valence-electron chi connectivity index (χ0n) is 7.76. The standard InChI is InChI=1S/C8H9NO5S/c1-6(10)9-7-4-2-3-5-8(7)14-15(11,12)13/h2-5H,1H3,(H,9,10)(H,11,12,13)/p-1. The molecule has 0 aliphatic rings. The van der Waals surface area contributed by atoms with Crippen molar-refractivity contribution in [3.63, 3.8) is 0 Å². The van der Waals surface area contributed by atoms with Gasteiger partial charge in [0.25, 0.3) is 10.4 Å². The molecule has 0 aliphatic carbocycles. The SMILES string of the molecule is CC(=O)Nc1ccccc1OS(=O)(=O)[O-]. The number of carbonyl (C=O) groups excluding carboxylic acids is 1. The van der Waals surface area contributed by atoms with Crippen LogP contribution < -0.4 is 9.50 Å². The first-order valence-electron chi connectivity index (χ1n) is 3.90. The van der Waals surface area contributed by atoms with Gasteiger partial charge in [-0.3, -0.25) is 4.79 Å². The predicted molar refractivity (Wildman–Crippen MR) is 51.1 cm³/mol. The molecule has 0 saturated heterocycles. The van der Waals surface area contributed by atoms with Crippen molar-refractivity contribution < 1.29 is 21.9 Å². The van der Waals surface area contributed by atoms with E-state index >= 15 is 0 Å². The molecule has 0 aliphatic heterocycles. The minimum Gasteiger partial charge on any atom is -0.716 e. The highest BCUT2D eigenvalue weighted by atomic mass is 32.3. The van der Waals surface area contributed by atoms with Gasteiger partial charge < -0.3 is 14.1 Å². The Morgan fingerprint density at radius 2 is 2.00 bits per heavy atom. The lowest BCUT2D eigenvalue weighted by Gasteiger charge is -2.12. The molecular weight excluding hydrogens is 222 g/mol. The summed E-state index contributed by atoms with van der Waals surface area (Å²) in [7, 11) is -4.84. The molecule has 0 spiro atoms. The fraction of sp³-hybridized carbons (Fsp3) is 0.125. The second kappa shape index (κ2) is 4.28. The minimum atomic E-state index is -4.84. The van der Waals surface area contributed by atoms with Crippen LogP contribution in [0.3, 0.4) is 0 Å². The van der Waals surface area contributed by atoms with Crippen molar-refractivity contribution in [1.82, 2.24) is 0 Å². The number of carbonyl (C=O) groups is 1. The Hall–Kier alpha value is -1.60. The van der Waals surface area contributed by atoms with E-state index in [1.54, 1.807) is 6.07 Å². The molecule has 1 aromatic rings. The highest BCUT2D eigenvalue weighted by Gasteiger charge is 2.06. The molecule has 1 N–H and O–H groups in total. The van der Waals surface area contributed by atoms with E-state index in [1.807, 2.05) is 0 Å². The molecule has 7 heteroatoms. The lowest BCUT2D eigenvalue weighted by atomic mass is 10.3. The van der Waals surface area contributed by atoms with Crippen LogP contribution in [0.15, 0.2) is 24.3 Å². The number of benzene rings is 1. The second-order valence-corrected chi connectivity index (χ2v) is 3.65. The third-order valence-electron chi connectivity index (χ3n) is 1.39. The first-order valence-corrected chi connectivity index (χ1v) is 5.24. The van der Waals surface area contributed by atoms with Gasteiger partial charge in [-0.15, -0.1) is 0 Å². The Labute approximate surface area is 86.8 Å². The number of nitrogens with one attached hydrogen (secondary N) is 1. The van der Waals surface area contributed by atoms with Crippen molar-refractivity contribution >= 4 is 22.0 Å². The first kappa shape index (κ1) is 11.5. The summed E-state index contributed by atoms with van der Waals surface area (Å²) in [5.41, 5.74) is 0.129. The Morgan fingerprint density at radius 3 is 2.53 bits per heavy atom. The maximum absolute atomic E-state index is 10.7. The molecule has 0 atom stereocenters. The minimum absolute atomic E-state index is 0.129. The number of para-hydroxylation sites is 2. The van der Waals surface area contributed by atoms with E-state index in [0.717, 1.165) is 0 Å². The van der Waals surface area contributed by atoms with Crippen LogP contribution in [0.2, 0.25) is 0 Å². The molecular formula is C8H8NO5S-. The maximum atomic E-state index is 10.7.